The molecule has 2 rings (SSSR count). The van der Waals surface area contributed by atoms with Crippen LogP contribution in [0.25, 0.3) is 0 Å². The molecule has 2 unspecified atom stereocenters. The Morgan fingerprint density at radius 3 is 2.94 bits per heavy atom. The molecule has 3 heteroatoms. The van der Waals surface area contributed by atoms with Crippen molar-refractivity contribution in [3.63, 3.8) is 0 Å². The summed E-state index contributed by atoms with van der Waals surface area (Å²) >= 11 is 3.44. The fourth-order valence-corrected chi connectivity index (χ4v) is 2.77. The highest BCUT2D eigenvalue weighted by Gasteiger charge is 2.23. The summed E-state index contributed by atoms with van der Waals surface area (Å²) in [6, 6.07) is 5.29. The first-order valence-electron chi connectivity index (χ1n) is 5.90. The fraction of sp³-hybridized carbons (Fsp3) is 0.538. The Hall–Kier alpha value is -0.570. The zero-order valence-electron chi connectivity index (χ0n) is 9.47. The highest BCUT2D eigenvalue weighted by Crippen LogP contribution is 2.32. The van der Waals surface area contributed by atoms with Gasteiger partial charge < -0.3 is 5.32 Å². The predicted molar refractivity (Wildman–Crippen MR) is 69.1 cm³/mol. The quantitative estimate of drug-likeness (QED) is 0.857. The van der Waals surface area contributed by atoms with E-state index in [1.54, 1.807) is 12.1 Å². The minimum Gasteiger partial charge on any atom is -0.381 e. The van der Waals surface area contributed by atoms with Gasteiger partial charge in [-0.05, 0) is 59.3 Å². The summed E-state index contributed by atoms with van der Waals surface area (Å²) in [7, 11) is 0. The van der Waals surface area contributed by atoms with E-state index in [2.05, 4.69) is 28.2 Å². The van der Waals surface area contributed by atoms with Gasteiger partial charge in [0.25, 0.3) is 0 Å². The molecule has 0 radical (unpaired) electrons. The summed E-state index contributed by atoms with van der Waals surface area (Å²) < 4.78 is 14.0. The van der Waals surface area contributed by atoms with Crippen molar-refractivity contribution in [2.24, 2.45) is 5.92 Å². The van der Waals surface area contributed by atoms with Gasteiger partial charge in [0.05, 0.1) is 5.69 Å². The van der Waals surface area contributed by atoms with Crippen molar-refractivity contribution >= 4 is 21.6 Å². The largest absolute Gasteiger partial charge is 0.381 e. The van der Waals surface area contributed by atoms with Crippen LogP contribution in [0, 0.1) is 11.7 Å². The molecule has 16 heavy (non-hydrogen) atoms. The lowest BCUT2D eigenvalue weighted by Gasteiger charge is -2.15. The van der Waals surface area contributed by atoms with E-state index in [0.717, 1.165) is 16.1 Å². The zero-order chi connectivity index (χ0) is 11.5. The van der Waals surface area contributed by atoms with Crippen LogP contribution >= 0.6 is 15.9 Å². The third-order valence-corrected chi connectivity index (χ3v) is 4.10. The number of benzene rings is 1. The number of anilines is 1. The lowest BCUT2D eigenvalue weighted by molar-refractivity contribution is 0.525. The van der Waals surface area contributed by atoms with Crippen LogP contribution in [0.5, 0.6) is 0 Å². The number of halogens is 2. The average Bonchev–Trinajstić information content (AvgIpc) is 2.71. The molecule has 0 heterocycles. The molecule has 0 amide bonds. The molecule has 1 aliphatic carbocycles. The van der Waals surface area contributed by atoms with Gasteiger partial charge in [-0.25, -0.2) is 4.39 Å². The lowest BCUT2D eigenvalue weighted by atomic mass is 10.1. The molecule has 0 bridgehead atoms. The summed E-state index contributed by atoms with van der Waals surface area (Å²) in [5.41, 5.74) is 0.877. The predicted octanol–water partition coefficient (Wildman–Crippen LogP) is 4.58. The van der Waals surface area contributed by atoms with Gasteiger partial charge in [-0.3, -0.25) is 0 Å². The minimum atomic E-state index is -0.185. The van der Waals surface area contributed by atoms with E-state index in [4.69, 9.17) is 0 Å². The number of nitrogens with one attached hydrogen (secondary N) is 1. The SMILES string of the molecule is CCC1CCC(Nc2cc(F)ccc2Br)C1. The van der Waals surface area contributed by atoms with Crippen LogP contribution in [0.2, 0.25) is 0 Å². The van der Waals surface area contributed by atoms with Crippen LogP contribution in [0.1, 0.15) is 32.6 Å². The summed E-state index contributed by atoms with van der Waals surface area (Å²) in [5, 5.41) is 3.43. The maximum atomic E-state index is 13.1. The second-order valence-electron chi connectivity index (χ2n) is 4.55. The van der Waals surface area contributed by atoms with E-state index < -0.39 is 0 Å². The molecule has 2 atom stereocenters. The highest BCUT2D eigenvalue weighted by molar-refractivity contribution is 9.10. The Morgan fingerprint density at radius 2 is 2.25 bits per heavy atom. The van der Waals surface area contributed by atoms with Crippen LogP contribution in [0.4, 0.5) is 10.1 Å². The first kappa shape index (κ1) is 11.9. The summed E-state index contributed by atoms with van der Waals surface area (Å²) in [6.07, 6.45) is 4.95. The monoisotopic (exact) mass is 285 g/mol. The smallest absolute Gasteiger partial charge is 0.125 e. The van der Waals surface area contributed by atoms with Crippen molar-refractivity contribution in [3.05, 3.63) is 28.5 Å². The second-order valence-corrected chi connectivity index (χ2v) is 5.41. The molecule has 0 saturated heterocycles. The van der Waals surface area contributed by atoms with E-state index in [-0.39, 0.29) is 5.82 Å². The van der Waals surface area contributed by atoms with Crippen molar-refractivity contribution in [1.82, 2.24) is 0 Å². The molecule has 1 aromatic carbocycles. The number of hydrogen-bond acceptors (Lipinski definition) is 1. The van der Waals surface area contributed by atoms with E-state index in [9.17, 15) is 4.39 Å². The molecule has 1 nitrogen and oxygen atoms in total. The molecular weight excluding hydrogens is 269 g/mol. The maximum Gasteiger partial charge on any atom is 0.125 e. The second kappa shape index (κ2) is 5.17. The van der Waals surface area contributed by atoms with Gasteiger partial charge in [0, 0.05) is 10.5 Å². The number of hydrogen-bond donors (Lipinski definition) is 1. The first-order valence-corrected chi connectivity index (χ1v) is 6.70. The molecule has 88 valence electrons. The lowest BCUT2D eigenvalue weighted by Crippen LogP contribution is -2.15. The van der Waals surface area contributed by atoms with Gasteiger partial charge in [0.1, 0.15) is 5.82 Å². The van der Waals surface area contributed by atoms with Gasteiger partial charge in [-0.2, -0.15) is 0 Å². The maximum absolute atomic E-state index is 13.1. The summed E-state index contributed by atoms with van der Waals surface area (Å²) in [6.45, 7) is 2.24. The standard InChI is InChI=1S/C13H17BrFN/c1-2-9-3-5-11(7-9)16-13-8-10(15)4-6-12(13)14/h4,6,8-9,11,16H,2-3,5,7H2,1H3. The minimum absolute atomic E-state index is 0.185. The van der Waals surface area contributed by atoms with Gasteiger partial charge in [-0.1, -0.05) is 13.3 Å². The van der Waals surface area contributed by atoms with Crippen molar-refractivity contribution in [3.8, 4) is 0 Å². The van der Waals surface area contributed by atoms with Crippen molar-refractivity contribution < 1.29 is 4.39 Å². The molecular formula is C13H17BrFN. The van der Waals surface area contributed by atoms with E-state index >= 15 is 0 Å². The van der Waals surface area contributed by atoms with Crippen LogP contribution in [-0.2, 0) is 0 Å². The van der Waals surface area contributed by atoms with E-state index in [1.165, 1.54) is 31.7 Å². The van der Waals surface area contributed by atoms with Crippen molar-refractivity contribution in [1.29, 1.82) is 0 Å². The summed E-state index contributed by atoms with van der Waals surface area (Å²) in [4.78, 5) is 0. The molecule has 1 aromatic rings. The van der Waals surface area contributed by atoms with Gasteiger partial charge in [0.2, 0.25) is 0 Å². The van der Waals surface area contributed by atoms with Crippen LogP contribution in [-0.4, -0.2) is 6.04 Å². The molecule has 0 aromatic heterocycles. The average molecular weight is 286 g/mol. The normalized spacial score (nSPS) is 24.7. The topological polar surface area (TPSA) is 12.0 Å². The van der Waals surface area contributed by atoms with Crippen LogP contribution in [0.3, 0.4) is 0 Å². The zero-order valence-corrected chi connectivity index (χ0v) is 11.1. The fourth-order valence-electron chi connectivity index (χ4n) is 2.40. The Morgan fingerprint density at radius 1 is 1.44 bits per heavy atom. The third kappa shape index (κ3) is 2.76. The molecule has 1 N–H and O–H groups in total. The van der Waals surface area contributed by atoms with Gasteiger partial charge in [-0.15, -0.1) is 0 Å². The summed E-state index contributed by atoms with van der Waals surface area (Å²) in [5.74, 6) is 0.653. The van der Waals surface area contributed by atoms with E-state index in [0.29, 0.717) is 6.04 Å². The molecule has 0 aliphatic heterocycles. The molecule has 0 spiro atoms. The van der Waals surface area contributed by atoms with Crippen molar-refractivity contribution in [2.75, 3.05) is 5.32 Å². The number of rotatable bonds is 3. The molecule has 1 aliphatic rings. The highest BCUT2D eigenvalue weighted by atomic mass is 79.9. The Balaban J connectivity index is 2.01. The first-order chi connectivity index (χ1) is 7.69. The van der Waals surface area contributed by atoms with E-state index in [1.807, 2.05) is 0 Å². The van der Waals surface area contributed by atoms with Crippen LogP contribution < -0.4 is 5.32 Å². The third-order valence-electron chi connectivity index (χ3n) is 3.41. The molecule has 1 fully saturated rings. The van der Waals surface area contributed by atoms with Crippen molar-refractivity contribution in [2.45, 2.75) is 38.6 Å². The molecule has 1 saturated carbocycles. The van der Waals surface area contributed by atoms with Crippen LogP contribution in [0.15, 0.2) is 22.7 Å². The van der Waals surface area contributed by atoms with Gasteiger partial charge >= 0.3 is 0 Å². The Labute approximate surface area is 105 Å². The van der Waals surface area contributed by atoms with Gasteiger partial charge in [0.15, 0.2) is 0 Å². The Kier molecular flexibility index (Phi) is 3.85. The Bertz CT molecular complexity index is 367.